The molecule has 0 bridgehead atoms. The summed E-state index contributed by atoms with van der Waals surface area (Å²) >= 11 is 0. The van der Waals surface area contributed by atoms with Crippen LogP contribution in [0.5, 0.6) is 0 Å². The van der Waals surface area contributed by atoms with Gasteiger partial charge in [0.1, 0.15) is 11.9 Å². The average Bonchev–Trinajstić information content (AvgIpc) is 2.67. The van der Waals surface area contributed by atoms with Gasteiger partial charge in [-0.3, -0.25) is 4.79 Å². The summed E-state index contributed by atoms with van der Waals surface area (Å²) in [5.74, 6) is 0.498. The zero-order chi connectivity index (χ0) is 14.0. The molecule has 1 heterocycles. The highest BCUT2D eigenvalue weighted by atomic mass is 16.3. The number of anilines is 1. The van der Waals surface area contributed by atoms with Crippen LogP contribution in [0.4, 0.5) is 5.69 Å². The molecule has 1 amide bonds. The van der Waals surface area contributed by atoms with Gasteiger partial charge >= 0.3 is 0 Å². The fraction of sp³-hybridized carbons (Fsp3) is 0.385. The molecule has 1 unspecified atom stereocenters. The molecule has 0 fully saturated rings. The summed E-state index contributed by atoms with van der Waals surface area (Å²) in [4.78, 5) is 15.3. The van der Waals surface area contributed by atoms with E-state index in [1.165, 1.54) is 6.92 Å². The Balaban J connectivity index is 2.37. The SMILES string of the molecule is CC(=O)NCCn1c(C(C)O)nc2cc(N)ccc21. The molecule has 1 atom stereocenters. The molecule has 0 radical (unpaired) electrons. The van der Waals surface area contributed by atoms with Gasteiger partial charge in [-0.15, -0.1) is 0 Å². The Morgan fingerprint density at radius 2 is 2.32 bits per heavy atom. The molecule has 4 N–H and O–H groups in total. The molecule has 19 heavy (non-hydrogen) atoms. The number of aliphatic hydroxyl groups is 1. The van der Waals surface area contributed by atoms with E-state index in [9.17, 15) is 9.90 Å². The van der Waals surface area contributed by atoms with E-state index in [0.717, 1.165) is 11.0 Å². The maximum absolute atomic E-state index is 10.9. The summed E-state index contributed by atoms with van der Waals surface area (Å²) in [6.07, 6.45) is -0.675. The van der Waals surface area contributed by atoms with E-state index < -0.39 is 6.10 Å². The summed E-state index contributed by atoms with van der Waals surface area (Å²) < 4.78 is 1.90. The third-order valence-electron chi connectivity index (χ3n) is 2.88. The van der Waals surface area contributed by atoms with Crippen molar-refractivity contribution in [1.82, 2.24) is 14.9 Å². The van der Waals surface area contributed by atoms with Gasteiger partial charge in [0.25, 0.3) is 0 Å². The second kappa shape index (κ2) is 5.27. The lowest BCUT2D eigenvalue weighted by atomic mass is 10.3. The molecule has 0 saturated carbocycles. The molecule has 0 saturated heterocycles. The van der Waals surface area contributed by atoms with Crippen molar-refractivity contribution < 1.29 is 9.90 Å². The van der Waals surface area contributed by atoms with Crippen molar-refractivity contribution in [3.63, 3.8) is 0 Å². The van der Waals surface area contributed by atoms with E-state index >= 15 is 0 Å². The Labute approximate surface area is 111 Å². The number of imidazole rings is 1. The minimum atomic E-state index is -0.675. The third kappa shape index (κ3) is 2.85. The molecule has 2 aromatic rings. The highest BCUT2D eigenvalue weighted by Crippen LogP contribution is 2.22. The van der Waals surface area contributed by atoms with E-state index in [4.69, 9.17) is 5.73 Å². The van der Waals surface area contributed by atoms with Crippen LogP contribution in [0.15, 0.2) is 18.2 Å². The highest BCUT2D eigenvalue weighted by Gasteiger charge is 2.14. The number of hydrogen-bond donors (Lipinski definition) is 3. The lowest BCUT2D eigenvalue weighted by molar-refractivity contribution is -0.118. The number of fused-ring (bicyclic) bond motifs is 1. The van der Waals surface area contributed by atoms with Crippen molar-refractivity contribution in [2.24, 2.45) is 0 Å². The molecular formula is C13H18N4O2. The number of nitrogens with zero attached hydrogens (tertiary/aromatic N) is 2. The number of hydrogen-bond acceptors (Lipinski definition) is 4. The Hall–Kier alpha value is -2.08. The van der Waals surface area contributed by atoms with Crippen LogP contribution in [0, 0.1) is 0 Å². The van der Waals surface area contributed by atoms with Crippen LogP contribution in [-0.4, -0.2) is 27.1 Å². The van der Waals surface area contributed by atoms with Crippen LogP contribution < -0.4 is 11.1 Å². The first-order valence-corrected chi connectivity index (χ1v) is 6.17. The van der Waals surface area contributed by atoms with Gasteiger partial charge in [-0.2, -0.15) is 0 Å². The lowest BCUT2D eigenvalue weighted by Gasteiger charge is -2.11. The Bertz CT molecular complexity index is 604. The van der Waals surface area contributed by atoms with Gasteiger partial charge in [0.15, 0.2) is 0 Å². The highest BCUT2D eigenvalue weighted by molar-refractivity contribution is 5.79. The van der Waals surface area contributed by atoms with E-state index in [-0.39, 0.29) is 5.91 Å². The lowest BCUT2D eigenvalue weighted by Crippen LogP contribution is -2.25. The van der Waals surface area contributed by atoms with Crippen molar-refractivity contribution in [2.45, 2.75) is 26.5 Å². The Morgan fingerprint density at radius 1 is 1.58 bits per heavy atom. The number of nitrogens with one attached hydrogen (secondary N) is 1. The number of benzene rings is 1. The van der Waals surface area contributed by atoms with Gasteiger partial charge in [0.05, 0.1) is 11.0 Å². The molecule has 0 spiro atoms. The number of nitrogen functional groups attached to an aromatic ring is 1. The van der Waals surface area contributed by atoms with Crippen LogP contribution in [0.2, 0.25) is 0 Å². The van der Waals surface area contributed by atoms with E-state index in [1.807, 2.05) is 10.6 Å². The van der Waals surface area contributed by atoms with E-state index in [2.05, 4.69) is 10.3 Å². The average molecular weight is 262 g/mol. The predicted octanol–water partition coefficient (Wildman–Crippen LogP) is 0.808. The number of carbonyl (C=O) groups is 1. The third-order valence-corrected chi connectivity index (χ3v) is 2.88. The summed E-state index contributed by atoms with van der Waals surface area (Å²) in [6.45, 7) is 4.19. The molecule has 1 aromatic carbocycles. The number of aliphatic hydroxyl groups excluding tert-OH is 1. The van der Waals surface area contributed by atoms with Gasteiger partial charge in [0.2, 0.25) is 5.91 Å². The Morgan fingerprint density at radius 3 is 2.95 bits per heavy atom. The summed E-state index contributed by atoms with van der Waals surface area (Å²) in [6, 6.07) is 5.44. The van der Waals surface area contributed by atoms with Gasteiger partial charge in [0, 0.05) is 25.7 Å². The van der Waals surface area contributed by atoms with Crippen LogP contribution in [-0.2, 0) is 11.3 Å². The zero-order valence-electron chi connectivity index (χ0n) is 11.1. The number of aromatic nitrogens is 2. The fourth-order valence-electron chi connectivity index (χ4n) is 2.06. The van der Waals surface area contributed by atoms with Crippen molar-refractivity contribution >= 4 is 22.6 Å². The topological polar surface area (TPSA) is 93.2 Å². The van der Waals surface area contributed by atoms with Crippen molar-refractivity contribution in [2.75, 3.05) is 12.3 Å². The molecular weight excluding hydrogens is 244 g/mol. The number of carbonyl (C=O) groups excluding carboxylic acids is 1. The number of amides is 1. The first-order valence-electron chi connectivity index (χ1n) is 6.17. The molecule has 102 valence electrons. The Kier molecular flexibility index (Phi) is 3.71. The van der Waals surface area contributed by atoms with Gasteiger partial charge in [-0.25, -0.2) is 4.98 Å². The fourth-order valence-corrected chi connectivity index (χ4v) is 2.06. The van der Waals surface area contributed by atoms with Crippen LogP contribution in [0.1, 0.15) is 25.8 Å². The van der Waals surface area contributed by atoms with Crippen LogP contribution >= 0.6 is 0 Å². The van der Waals surface area contributed by atoms with Gasteiger partial charge in [-0.1, -0.05) is 0 Å². The molecule has 6 nitrogen and oxygen atoms in total. The number of nitrogens with two attached hydrogens (primary N) is 1. The molecule has 2 rings (SSSR count). The van der Waals surface area contributed by atoms with Crippen molar-refractivity contribution in [3.05, 3.63) is 24.0 Å². The normalized spacial score (nSPS) is 12.6. The van der Waals surface area contributed by atoms with Crippen molar-refractivity contribution in [3.8, 4) is 0 Å². The zero-order valence-corrected chi connectivity index (χ0v) is 11.1. The summed E-state index contributed by atoms with van der Waals surface area (Å²) in [7, 11) is 0. The van der Waals surface area contributed by atoms with Crippen LogP contribution in [0.25, 0.3) is 11.0 Å². The second-order valence-electron chi connectivity index (χ2n) is 4.53. The monoisotopic (exact) mass is 262 g/mol. The van der Waals surface area contributed by atoms with E-state index in [1.54, 1.807) is 19.1 Å². The smallest absolute Gasteiger partial charge is 0.216 e. The molecule has 0 aliphatic carbocycles. The van der Waals surface area contributed by atoms with Gasteiger partial charge in [-0.05, 0) is 25.1 Å². The molecule has 6 heteroatoms. The first kappa shape index (κ1) is 13.4. The standard InChI is InChI=1S/C13H18N4O2/c1-8(18)13-16-11-7-10(14)3-4-12(11)17(13)6-5-15-9(2)19/h3-4,7-8,18H,5-6,14H2,1-2H3,(H,15,19). The predicted molar refractivity (Wildman–Crippen MR) is 73.5 cm³/mol. The maximum Gasteiger partial charge on any atom is 0.216 e. The second-order valence-corrected chi connectivity index (χ2v) is 4.53. The van der Waals surface area contributed by atoms with E-state index in [0.29, 0.717) is 24.6 Å². The minimum absolute atomic E-state index is 0.0766. The molecule has 0 aliphatic rings. The minimum Gasteiger partial charge on any atom is -0.399 e. The summed E-state index contributed by atoms with van der Waals surface area (Å²) in [5.41, 5.74) is 8.01. The van der Waals surface area contributed by atoms with Crippen molar-refractivity contribution in [1.29, 1.82) is 0 Å². The quantitative estimate of drug-likeness (QED) is 0.711. The maximum atomic E-state index is 10.9. The van der Waals surface area contributed by atoms with Gasteiger partial charge < -0.3 is 20.7 Å². The molecule has 0 aliphatic heterocycles. The summed E-state index contributed by atoms with van der Waals surface area (Å²) in [5, 5.41) is 12.5. The molecule has 1 aromatic heterocycles. The first-order chi connectivity index (χ1) is 8.99. The van der Waals surface area contributed by atoms with Crippen LogP contribution in [0.3, 0.4) is 0 Å². The largest absolute Gasteiger partial charge is 0.399 e. The number of rotatable bonds is 4.